The van der Waals surface area contributed by atoms with Gasteiger partial charge in [0.25, 0.3) is 5.91 Å². The van der Waals surface area contributed by atoms with E-state index in [0.29, 0.717) is 17.3 Å². The standard InChI is InChI=1S/C23H27F3N2O2S/c1-5-18(29)28-21-19(14-11-10-13(22(2,3)4)12-17(14)31-21)20(30)27-16-9-7-6-8-15(16)23(24,25)26/h6-9,13H,5,10-12H2,1-4H3,(H,27,30)(H,28,29)/t13-/m0/s1. The number of para-hydroxylation sites is 1. The van der Waals surface area contributed by atoms with Crippen molar-refractivity contribution < 1.29 is 22.8 Å². The molecule has 1 heterocycles. The first-order chi connectivity index (χ1) is 14.4. The number of carbonyl (C=O) groups is 2. The van der Waals surface area contributed by atoms with Gasteiger partial charge >= 0.3 is 6.18 Å². The van der Waals surface area contributed by atoms with Crippen molar-refractivity contribution in [2.24, 2.45) is 11.3 Å². The maximum absolute atomic E-state index is 13.4. The minimum Gasteiger partial charge on any atom is -0.321 e. The molecule has 1 aliphatic carbocycles. The molecule has 0 saturated heterocycles. The molecule has 2 amide bonds. The minimum absolute atomic E-state index is 0.0998. The fourth-order valence-corrected chi connectivity index (χ4v) is 5.23. The van der Waals surface area contributed by atoms with Crippen molar-refractivity contribution in [1.29, 1.82) is 0 Å². The SMILES string of the molecule is CCC(=O)Nc1sc2c(c1C(=O)Nc1ccccc1C(F)(F)F)CC[C@H](C(C)(C)C)C2. The molecule has 0 fully saturated rings. The van der Waals surface area contributed by atoms with Crippen LogP contribution in [0, 0.1) is 11.3 Å². The smallest absolute Gasteiger partial charge is 0.321 e. The number of fused-ring (bicyclic) bond motifs is 1. The molecule has 168 valence electrons. The van der Waals surface area contributed by atoms with Gasteiger partial charge < -0.3 is 10.6 Å². The number of anilines is 2. The van der Waals surface area contributed by atoms with Gasteiger partial charge in [-0.05, 0) is 48.3 Å². The van der Waals surface area contributed by atoms with Crippen LogP contribution in [-0.2, 0) is 23.8 Å². The Labute approximate surface area is 184 Å². The zero-order chi connectivity index (χ0) is 23.0. The van der Waals surface area contributed by atoms with E-state index in [0.717, 1.165) is 29.3 Å². The number of halogens is 3. The molecule has 0 bridgehead atoms. The largest absolute Gasteiger partial charge is 0.418 e. The highest BCUT2D eigenvalue weighted by molar-refractivity contribution is 7.17. The zero-order valence-electron chi connectivity index (χ0n) is 18.1. The Balaban J connectivity index is 1.99. The first kappa shape index (κ1) is 23.3. The van der Waals surface area contributed by atoms with E-state index in [9.17, 15) is 22.8 Å². The van der Waals surface area contributed by atoms with Gasteiger partial charge in [0.05, 0.1) is 16.8 Å². The summed E-state index contributed by atoms with van der Waals surface area (Å²) in [5.41, 5.74) is 0.0169. The van der Waals surface area contributed by atoms with Crippen molar-refractivity contribution >= 4 is 33.8 Å². The number of amides is 2. The minimum atomic E-state index is -4.59. The summed E-state index contributed by atoms with van der Waals surface area (Å²) in [6.45, 7) is 8.24. The van der Waals surface area contributed by atoms with E-state index < -0.39 is 17.6 Å². The van der Waals surface area contributed by atoms with Crippen molar-refractivity contribution in [3.05, 3.63) is 45.8 Å². The Morgan fingerprint density at radius 2 is 1.81 bits per heavy atom. The summed E-state index contributed by atoms with van der Waals surface area (Å²) >= 11 is 1.36. The Kier molecular flexibility index (Phi) is 6.51. The summed E-state index contributed by atoms with van der Waals surface area (Å²) in [7, 11) is 0. The lowest BCUT2D eigenvalue weighted by atomic mass is 9.72. The van der Waals surface area contributed by atoms with Gasteiger partial charge in [0.1, 0.15) is 5.00 Å². The van der Waals surface area contributed by atoms with E-state index >= 15 is 0 Å². The number of thiophene rings is 1. The Morgan fingerprint density at radius 3 is 2.42 bits per heavy atom. The van der Waals surface area contributed by atoms with Crippen LogP contribution in [0.25, 0.3) is 0 Å². The van der Waals surface area contributed by atoms with Crippen LogP contribution < -0.4 is 10.6 Å². The van der Waals surface area contributed by atoms with Crippen LogP contribution in [0.5, 0.6) is 0 Å². The van der Waals surface area contributed by atoms with E-state index in [2.05, 4.69) is 31.4 Å². The van der Waals surface area contributed by atoms with Crippen LogP contribution in [0.3, 0.4) is 0 Å². The normalized spacial score (nSPS) is 16.5. The van der Waals surface area contributed by atoms with Crippen LogP contribution in [-0.4, -0.2) is 11.8 Å². The number of nitrogens with one attached hydrogen (secondary N) is 2. The van der Waals surface area contributed by atoms with Gasteiger partial charge in [-0.25, -0.2) is 0 Å². The molecule has 31 heavy (non-hydrogen) atoms. The summed E-state index contributed by atoms with van der Waals surface area (Å²) in [6.07, 6.45) is -2.03. The first-order valence-corrected chi connectivity index (χ1v) is 11.2. The molecule has 3 rings (SSSR count). The molecule has 4 nitrogen and oxygen atoms in total. The van der Waals surface area contributed by atoms with Crippen LogP contribution in [0.1, 0.15) is 66.9 Å². The fourth-order valence-electron chi connectivity index (χ4n) is 3.89. The first-order valence-electron chi connectivity index (χ1n) is 10.3. The number of rotatable bonds is 4. The molecule has 0 saturated carbocycles. The van der Waals surface area contributed by atoms with Crippen molar-refractivity contribution in [1.82, 2.24) is 0 Å². The van der Waals surface area contributed by atoms with Gasteiger partial charge in [-0.3, -0.25) is 9.59 Å². The molecule has 1 aromatic carbocycles. The van der Waals surface area contributed by atoms with Crippen LogP contribution >= 0.6 is 11.3 Å². The maximum atomic E-state index is 13.4. The van der Waals surface area contributed by atoms with Gasteiger partial charge in [-0.15, -0.1) is 11.3 Å². The highest BCUT2D eigenvalue weighted by Crippen LogP contribution is 2.45. The zero-order valence-corrected chi connectivity index (χ0v) is 18.9. The second-order valence-electron chi connectivity index (χ2n) is 8.91. The highest BCUT2D eigenvalue weighted by Gasteiger charge is 2.36. The lowest BCUT2D eigenvalue weighted by Crippen LogP contribution is -2.27. The van der Waals surface area contributed by atoms with E-state index in [4.69, 9.17) is 0 Å². The summed E-state index contributed by atoms with van der Waals surface area (Å²) in [4.78, 5) is 26.2. The molecule has 0 unspecified atom stereocenters. The van der Waals surface area contributed by atoms with Crippen molar-refractivity contribution in [3.8, 4) is 0 Å². The van der Waals surface area contributed by atoms with E-state index in [1.807, 2.05) is 0 Å². The molecule has 1 aromatic heterocycles. The molecule has 0 radical (unpaired) electrons. The third-order valence-corrected chi connectivity index (χ3v) is 6.94. The highest BCUT2D eigenvalue weighted by atomic mass is 32.1. The second kappa shape index (κ2) is 8.65. The summed E-state index contributed by atoms with van der Waals surface area (Å²) in [6, 6.07) is 4.90. The molecule has 1 aliphatic rings. The van der Waals surface area contributed by atoms with Crippen molar-refractivity contribution in [3.63, 3.8) is 0 Å². The van der Waals surface area contributed by atoms with Gasteiger partial charge in [-0.2, -0.15) is 13.2 Å². The van der Waals surface area contributed by atoms with Crippen LogP contribution in [0.4, 0.5) is 23.9 Å². The third-order valence-electron chi connectivity index (χ3n) is 5.77. The Morgan fingerprint density at radius 1 is 1.13 bits per heavy atom. The van der Waals surface area contributed by atoms with E-state index in [1.165, 1.54) is 29.5 Å². The molecular weight excluding hydrogens is 425 g/mol. The van der Waals surface area contributed by atoms with Crippen molar-refractivity contribution in [2.75, 3.05) is 10.6 Å². The second-order valence-corrected chi connectivity index (χ2v) is 10.0. The number of hydrogen-bond donors (Lipinski definition) is 2. The molecule has 0 aliphatic heterocycles. The lowest BCUT2D eigenvalue weighted by molar-refractivity contribution is -0.136. The Bertz CT molecular complexity index is 990. The van der Waals surface area contributed by atoms with E-state index in [-0.39, 0.29) is 29.0 Å². The fraction of sp³-hybridized carbons (Fsp3) is 0.478. The molecular formula is C23H27F3N2O2S. The molecule has 2 N–H and O–H groups in total. The predicted molar refractivity (Wildman–Crippen MR) is 118 cm³/mol. The third kappa shape index (κ3) is 5.11. The van der Waals surface area contributed by atoms with Gasteiger partial charge in [0, 0.05) is 11.3 Å². The summed E-state index contributed by atoms with van der Waals surface area (Å²) in [5, 5.41) is 5.63. The quantitative estimate of drug-likeness (QED) is 0.555. The van der Waals surface area contributed by atoms with Gasteiger partial charge in [0.2, 0.25) is 5.91 Å². The number of alkyl halides is 3. The monoisotopic (exact) mass is 452 g/mol. The maximum Gasteiger partial charge on any atom is 0.418 e. The number of hydrogen-bond acceptors (Lipinski definition) is 3. The Hall–Kier alpha value is -2.35. The number of carbonyl (C=O) groups excluding carboxylic acids is 2. The molecule has 0 spiro atoms. The topological polar surface area (TPSA) is 58.2 Å². The molecule has 8 heteroatoms. The lowest BCUT2D eigenvalue weighted by Gasteiger charge is -2.33. The number of benzene rings is 1. The molecule has 2 aromatic rings. The van der Waals surface area contributed by atoms with Gasteiger partial charge in [0.15, 0.2) is 0 Å². The summed E-state index contributed by atoms with van der Waals surface area (Å²) < 4.78 is 40.1. The van der Waals surface area contributed by atoms with Crippen LogP contribution in [0.15, 0.2) is 24.3 Å². The van der Waals surface area contributed by atoms with E-state index in [1.54, 1.807) is 6.92 Å². The molecule has 1 atom stereocenters. The van der Waals surface area contributed by atoms with Crippen LogP contribution in [0.2, 0.25) is 0 Å². The average molecular weight is 453 g/mol. The predicted octanol–water partition coefficient (Wildman–Crippen LogP) is 6.52. The van der Waals surface area contributed by atoms with Crippen molar-refractivity contribution in [2.45, 2.75) is 59.6 Å². The summed E-state index contributed by atoms with van der Waals surface area (Å²) in [5.74, 6) is -0.444. The van der Waals surface area contributed by atoms with Gasteiger partial charge in [-0.1, -0.05) is 39.8 Å². The average Bonchev–Trinajstić information content (AvgIpc) is 3.03.